The summed E-state index contributed by atoms with van der Waals surface area (Å²) >= 11 is 0. The number of benzene rings is 1. The van der Waals surface area contributed by atoms with Crippen LogP contribution in [0.2, 0.25) is 0 Å². The van der Waals surface area contributed by atoms with Gasteiger partial charge in [-0.05, 0) is 18.6 Å². The molecule has 0 spiro atoms. The Bertz CT molecular complexity index is 821. The summed E-state index contributed by atoms with van der Waals surface area (Å²) in [5.41, 5.74) is -0.0125. The number of hydrogen-bond donors (Lipinski definition) is 2. The zero-order chi connectivity index (χ0) is 19.4. The molecule has 1 aliphatic heterocycles. The van der Waals surface area contributed by atoms with Crippen molar-refractivity contribution in [3.05, 3.63) is 41.7 Å². The SMILES string of the molecule is COc1ncc(Nc2cc(F)cc(F)c2)nc1C(=O)NCC1(C)CCOC1. The summed E-state index contributed by atoms with van der Waals surface area (Å²) in [7, 11) is 1.38. The van der Waals surface area contributed by atoms with Crippen LogP contribution >= 0.6 is 0 Å². The number of carbonyl (C=O) groups excluding carboxylic acids is 1. The molecule has 27 heavy (non-hydrogen) atoms. The molecule has 1 saturated heterocycles. The fraction of sp³-hybridized carbons (Fsp3) is 0.389. The van der Waals surface area contributed by atoms with Crippen molar-refractivity contribution in [1.82, 2.24) is 15.3 Å². The van der Waals surface area contributed by atoms with Gasteiger partial charge in [0.1, 0.15) is 17.5 Å². The molecule has 9 heteroatoms. The maximum Gasteiger partial charge on any atom is 0.275 e. The van der Waals surface area contributed by atoms with Gasteiger partial charge < -0.3 is 20.1 Å². The average Bonchev–Trinajstić information content (AvgIpc) is 3.06. The van der Waals surface area contributed by atoms with Crippen molar-refractivity contribution in [2.75, 3.05) is 32.2 Å². The summed E-state index contributed by atoms with van der Waals surface area (Å²) < 4.78 is 37.1. The number of halogens is 2. The highest BCUT2D eigenvalue weighted by atomic mass is 19.1. The van der Waals surface area contributed by atoms with Gasteiger partial charge in [0.25, 0.3) is 5.91 Å². The van der Waals surface area contributed by atoms with Gasteiger partial charge in [-0.25, -0.2) is 18.7 Å². The van der Waals surface area contributed by atoms with Crippen molar-refractivity contribution < 1.29 is 23.0 Å². The van der Waals surface area contributed by atoms with Crippen LogP contribution in [0.15, 0.2) is 24.4 Å². The first kappa shape index (κ1) is 19.0. The Hall–Kier alpha value is -2.81. The van der Waals surface area contributed by atoms with Crippen LogP contribution in [0.1, 0.15) is 23.8 Å². The second-order valence-electron chi connectivity index (χ2n) is 6.69. The molecule has 0 aliphatic carbocycles. The fourth-order valence-electron chi connectivity index (χ4n) is 2.74. The van der Waals surface area contributed by atoms with E-state index in [1.54, 1.807) is 0 Å². The van der Waals surface area contributed by atoms with Crippen molar-refractivity contribution in [2.45, 2.75) is 13.3 Å². The van der Waals surface area contributed by atoms with Gasteiger partial charge in [-0.2, -0.15) is 0 Å². The molecule has 1 aromatic carbocycles. The van der Waals surface area contributed by atoms with Crippen molar-refractivity contribution in [3.8, 4) is 5.88 Å². The molecule has 1 atom stereocenters. The number of amides is 1. The zero-order valence-electron chi connectivity index (χ0n) is 15.0. The van der Waals surface area contributed by atoms with E-state index < -0.39 is 17.5 Å². The largest absolute Gasteiger partial charge is 0.479 e. The van der Waals surface area contributed by atoms with Gasteiger partial charge >= 0.3 is 0 Å². The van der Waals surface area contributed by atoms with Crippen LogP contribution in [0.25, 0.3) is 0 Å². The molecule has 1 aliphatic rings. The quantitative estimate of drug-likeness (QED) is 0.804. The summed E-state index contributed by atoms with van der Waals surface area (Å²) in [6.45, 7) is 3.69. The number of nitrogens with zero attached hydrogens (tertiary/aromatic N) is 2. The molecular formula is C18H20F2N4O3. The van der Waals surface area contributed by atoms with E-state index in [1.807, 2.05) is 6.92 Å². The lowest BCUT2D eigenvalue weighted by Gasteiger charge is -2.21. The molecule has 0 radical (unpaired) electrons. The Morgan fingerprint density at radius 3 is 2.70 bits per heavy atom. The summed E-state index contributed by atoms with van der Waals surface area (Å²) in [6.07, 6.45) is 2.16. The molecule has 2 heterocycles. The minimum atomic E-state index is -0.732. The van der Waals surface area contributed by atoms with Gasteiger partial charge in [0.15, 0.2) is 5.69 Å². The van der Waals surface area contributed by atoms with Crippen LogP contribution in [-0.2, 0) is 4.74 Å². The maximum absolute atomic E-state index is 13.3. The molecule has 1 fully saturated rings. The highest BCUT2D eigenvalue weighted by Gasteiger charge is 2.30. The minimum absolute atomic E-state index is 0.0260. The Kier molecular flexibility index (Phi) is 5.50. The standard InChI is InChI=1S/C18H20F2N4O3/c1-18(3-4-27-10-18)9-22-16(25)15-17(26-2)21-8-14(24-15)23-13-6-11(19)5-12(20)7-13/h5-8H,3-4,9-10H2,1-2H3,(H,22,25)(H,23,24). The first-order chi connectivity index (χ1) is 12.9. The number of anilines is 2. The monoisotopic (exact) mass is 378 g/mol. The van der Waals surface area contributed by atoms with Crippen molar-refractivity contribution >= 4 is 17.4 Å². The third-order valence-electron chi connectivity index (χ3n) is 4.26. The van der Waals surface area contributed by atoms with Gasteiger partial charge in [-0.15, -0.1) is 0 Å². The van der Waals surface area contributed by atoms with Crippen LogP contribution in [0.5, 0.6) is 5.88 Å². The highest BCUT2D eigenvalue weighted by Crippen LogP contribution is 2.27. The van der Waals surface area contributed by atoms with Crippen molar-refractivity contribution in [2.24, 2.45) is 5.41 Å². The van der Waals surface area contributed by atoms with Crippen molar-refractivity contribution in [1.29, 1.82) is 0 Å². The van der Waals surface area contributed by atoms with E-state index >= 15 is 0 Å². The lowest BCUT2D eigenvalue weighted by atomic mass is 9.90. The van der Waals surface area contributed by atoms with Gasteiger partial charge in [-0.3, -0.25) is 4.79 Å². The smallest absolute Gasteiger partial charge is 0.275 e. The molecule has 0 saturated carbocycles. The van der Waals surface area contributed by atoms with Gasteiger partial charge in [-0.1, -0.05) is 6.92 Å². The Morgan fingerprint density at radius 1 is 1.33 bits per heavy atom. The van der Waals surface area contributed by atoms with Crippen molar-refractivity contribution in [3.63, 3.8) is 0 Å². The average molecular weight is 378 g/mol. The summed E-state index contributed by atoms with van der Waals surface area (Å²) in [5, 5.41) is 5.54. The number of hydrogen-bond acceptors (Lipinski definition) is 6. The Balaban J connectivity index is 1.77. The van der Waals surface area contributed by atoms with Crippen LogP contribution in [-0.4, -0.2) is 42.7 Å². The first-order valence-corrected chi connectivity index (χ1v) is 8.39. The number of ether oxygens (including phenoxy) is 2. The van der Waals surface area contributed by atoms with Crippen LogP contribution in [0, 0.1) is 17.0 Å². The number of aromatic nitrogens is 2. The number of nitrogens with one attached hydrogen (secondary N) is 2. The summed E-state index contributed by atoms with van der Waals surface area (Å²) in [6, 6.07) is 2.97. The van der Waals surface area contributed by atoms with Gasteiger partial charge in [0, 0.05) is 30.3 Å². The molecule has 144 valence electrons. The second kappa shape index (κ2) is 7.83. The second-order valence-corrected chi connectivity index (χ2v) is 6.69. The molecule has 1 amide bonds. The van der Waals surface area contributed by atoms with E-state index in [-0.39, 0.29) is 28.5 Å². The van der Waals surface area contributed by atoms with E-state index in [1.165, 1.54) is 13.3 Å². The van der Waals surface area contributed by atoms with E-state index in [0.29, 0.717) is 19.8 Å². The molecular weight excluding hydrogens is 358 g/mol. The summed E-state index contributed by atoms with van der Waals surface area (Å²) in [5.74, 6) is -1.72. The van der Waals surface area contributed by atoms with Gasteiger partial charge in [0.2, 0.25) is 5.88 Å². The van der Waals surface area contributed by atoms with Gasteiger partial charge in [0.05, 0.1) is 19.9 Å². The number of carbonyl (C=O) groups is 1. The lowest BCUT2D eigenvalue weighted by molar-refractivity contribution is 0.0916. The third kappa shape index (κ3) is 4.68. The minimum Gasteiger partial charge on any atom is -0.479 e. The predicted octanol–water partition coefficient (Wildman–Crippen LogP) is 2.66. The molecule has 2 aromatic rings. The molecule has 2 N–H and O–H groups in total. The molecule has 0 bridgehead atoms. The number of rotatable bonds is 6. The van der Waals surface area contributed by atoms with E-state index in [4.69, 9.17) is 9.47 Å². The van der Waals surface area contributed by atoms with Crippen LogP contribution in [0.4, 0.5) is 20.3 Å². The molecule has 1 unspecified atom stereocenters. The van der Waals surface area contributed by atoms with Crippen LogP contribution in [0.3, 0.4) is 0 Å². The topological polar surface area (TPSA) is 85.4 Å². The highest BCUT2D eigenvalue weighted by molar-refractivity contribution is 5.94. The molecule has 3 rings (SSSR count). The van der Waals surface area contributed by atoms with E-state index in [0.717, 1.165) is 24.6 Å². The molecule has 1 aromatic heterocycles. The van der Waals surface area contributed by atoms with Crippen LogP contribution < -0.4 is 15.4 Å². The zero-order valence-corrected chi connectivity index (χ0v) is 15.0. The van der Waals surface area contributed by atoms with E-state index in [9.17, 15) is 13.6 Å². The predicted molar refractivity (Wildman–Crippen MR) is 94.1 cm³/mol. The fourth-order valence-corrected chi connectivity index (χ4v) is 2.74. The Labute approximate surface area is 155 Å². The summed E-state index contributed by atoms with van der Waals surface area (Å²) in [4.78, 5) is 20.8. The number of methoxy groups -OCH3 is 1. The Morgan fingerprint density at radius 2 is 2.07 bits per heavy atom. The maximum atomic E-state index is 13.3. The van der Waals surface area contributed by atoms with E-state index in [2.05, 4.69) is 20.6 Å². The first-order valence-electron chi connectivity index (χ1n) is 8.39. The third-order valence-corrected chi connectivity index (χ3v) is 4.26. The normalized spacial score (nSPS) is 19.0. The molecule has 7 nitrogen and oxygen atoms in total. The lowest BCUT2D eigenvalue weighted by Crippen LogP contribution is -2.36.